The summed E-state index contributed by atoms with van der Waals surface area (Å²) in [4.78, 5) is 29.4. The number of carbonyl (C=O) groups excluding carboxylic acids is 2. The third-order valence-corrected chi connectivity index (χ3v) is 6.08. The number of benzene rings is 3. The van der Waals surface area contributed by atoms with Crippen LogP contribution in [0.2, 0.25) is 0 Å². The quantitative estimate of drug-likeness (QED) is 0.154. The summed E-state index contributed by atoms with van der Waals surface area (Å²) in [6.45, 7) is 10.0. The molecule has 0 aliphatic carbocycles. The standard InChI is InChI=1S/C27H27BN2O3/c1-6-30-24-9-7-19(17(4)29-33-18(5)31)13-22(24)23-14-20(8-10-25(23)30)27(32)26-15(2)11-21(28)12-16(26)3/h7-14H,6,28H2,1-5H3/b29-17-. The Morgan fingerprint density at radius 2 is 1.45 bits per heavy atom. The fraction of sp³-hybridized carbons (Fsp3) is 0.222. The van der Waals surface area contributed by atoms with E-state index in [1.807, 2.05) is 52.0 Å². The minimum atomic E-state index is -0.456. The lowest BCUT2D eigenvalue weighted by atomic mass is 9.86. The molecule has 166 valence electrons. The Balaban J connectivity index is 1.89. The average molecular weight is 438 g/mol. The first-order valence-electron chi connectivity index (χ1n) is 11.1. The fourth-order valence-electron chi connectivity index (χ4n) is 4.68. The van der Waals surface area contributed by atoms with Crippen LogP contribution in [0.15, 0.2) is 53.7 Å². The van der Waals surface area contributed by atoms with E-state index in [2.05, 4.69) is 34.8 Å². The molecule has 0 N–H and O–H groups in total. The van der Waals surface area contributed by atoms with Crippen LogP contribution in [0.1, 0.15) is 53.4 Å². The Labute approximate surface area is 194 Å². The zero-order valence-corrected chi connectivity index (χ0v) is 19.9. The summed E-state index contributed by atoms with van der Waals surface area (Å²) in [5.74, 6) is -0.420. The Morgan fingerprint density at radius 3 is 2.00 bits per heavy atom. The van der Waals surface area contributed by atoms with Crippen LogP contribution in [0.25, 0.3) is 21.8 Å². The Bertz CT molecular complexity index is 1440. The topological polar surface area (TPSA) is 60.7 Å². The van der Waals surface area contributed by atoms with Crippen LogP contribution in [0.4, 0.5) is 0 Å². The van der Waals surface area contributed by atoms with E-state index in [9.17, 15) is 9.59 Å². The normalized spacial score (nSPS) is 11.8. The lowest BCUT2D eigenvalue weighted by Crippen LogP contribution is -2.12. The van der Waals surface area contributed by atoms with Crippen molar-refractivity contribution in [2.45, 2.75) is 41.2 Å². The molecule has 1 heterocycles. The molecular weight excluding hydrogens is 411 g/mol. The van der Waals surface area contributed by atoms with Crippen LogP contribution in [0, 0.1) is 13.8 Å². The molecular formula is C27H27BN2O3. The highest BCUT2D eigenvalue weighted by molar-refractivity contribution is 6.32. The number of aryl methyl sites for hydroxylation is 3. The van der Waals surface area contributed by atoms with Crippen molar-refractivity contribution in [1.29, 1.82) is 0 Å². The van der Waals surface area contributed by atoms with Crippen molar-refractivity contribution in [3.05, 3.63) is 76.3 Å². The van der Waals surface area contributed by atoms with Crippen LogP contribution in [0.3, 0.4) is 0 Å². The molecule has 0 unspecified atom stereocenters. The maximum atomic E-state index is 13.5. The summed E-state index contributed by atoms with van der Waals surface area (Å²) in [5.41, 5.74) is 8.22. The number of nitrogens with zero attached hydrogens (tertiary/aromatic N) is 2. The summed E-state index contributed by atoms with van der Waals surface area (Å²) in [7, 11) is 2.05. The third kappa shape index (κ3) is 4.09. The summed E-state index contributed by atoms with van der Waals surface area (Å²) in [5, 5.41) is 5.98. The van der Waals surface area contributed by atoms with E-state index >= 15 is 0 Å². The Kier molecular flexibility index (Phi) is 5.94. The van der Waals surface area contributed by atoms with Gasteiger partial charge in [-0.3, -0.25) is 4.79 Å². The van der Waals surface area contributed by atoms with E-state index in [0.29, 0.717) is 11.3 Å². The molecule has 4 aromatic rings. The highest BCUT2D eigenvalue weighted by Crippen LogP contribution is 2.32. The van der Waals surface area contributed by atoms with Gasteiger partial charge in [0.05, 0.1) is 5.71 Å². The van der Waals surface area contributed by atoms with E-state index in [4.69, 9.17) is 4.84 Å². The maximum Gasteiger partial charge on any atom is 0.331 e. The molecule has 0 saturated carbocycles. The van der Waals surface area contributed by atoms with Gasteiger partial charge in [0.2, 0.25) is 0 Å². The van der Waals surface area contributed by atoms with Gasteiger partial charge in [-0.05, 0) is 74.7 Å². The van der Waals surface area contributed by atoms with Gasteiger partial charge < -0.3 is 9.40 Å². The number of rotatable bonds is 5. The van der Waals surface area contributed by atoms with Crippen LogP contribution in [0.5, 0.6) is 0 Å². The molecule has 33 heavy (non-hydrogen) atoms. The monoisotopic (exact) mass is 438 g/mol. The molecule has 1 aromatic heterocycles. The molecule has 6 heteroatoms. The predicted molar refractivity (Wildman–Crippen MR) is 137 cm³/mol. The van der Waals surface area contributed by atoms with Crippen molar-refractivity contribution < 1.29 is 14.4 Å². The largest absolute Gasteiger partial charge is 0.341 e. The van der Waals surface area contributed by atoms with Gasteiger partial charge in [-0.15, -0.1) is 0 Å². The van der Waals surface area contributed by atoms with E-state index < -0.39 is 5.97 Å². The van der Waals surface area contributed by atoms with Gasteiger partial charge in [-0.25, -0.2) is 4.79 Å². The lowest BCUT2D eigenvalue weighted by Gasteiger charge is -2.11. The van der Waals surface area contributed by atoms with Gasteiger partial charge in [0.25, 0.3) is 0 Å². The minimum Gasteiger partial charge on any atom is -0.341 e. The number of hydrogen-bond donors (Lipinski definition) is 0. The first kappa shape index (κ1) is 22.5. The second kappa shape index (κ2) is 8.70. The minimum absolute atomic E-state index is 0.0352. The van der Waals surface area contributed by atoms with E-state index in [1.54, 1.807) is 6.92 Å². The molecule has 3 aromatic carbocycles. The molecule has 0 amide bonds. The summed E-state index contributed by atoms with van der Waals surface area (Å²) >= 11 is 0. The molecule has 0 atom stereocenters. The maximum absolute atomic E-state index is 13.5. The molecule has 0 aliphatic heterocycles. The van der Waals surface area contributed by atoms with Crippen LogP contribution >= 0.6 is 0 Å². The molecule has 0 saturated heterocycles. The number of hydrogen-bond acceptors (Lipinski definition) is 4. The third-order valence-electron chi connectivity index (χ3n) is 6.08. The zero-order valence-electron chi connectivity index (χ0n) is 19.9. The number of oxime groups is 1. The van der Waals surface area contributed by atoms with Gasteiger partial charge in [0, 0.05) is 46.4 Å². The zero-order chi connectivity index (χ0) is 23.9. The molecule has 0 spiro atoms. The summed E-state index contributed by atoms with van der Waals surface area (Å²) in [6, 6.07) is 16.1. The Morgan fingerprint density at radius 1 is 0.909 bits per heavy atom. The Hall–Kier alpha value is -3.67. The molecule has 0 radical (unpaired) electrons. The number of aromatic nitrogens is 1. The van der Waals surface area contributed by atoms with Crippen molar-refractivity contribution in [1.82, 2.24) is 4.57 Å². The average Bonchev–Trinajstić information content (AvgIpc) is 3.08. The van der Waals surface area contributed by atoms with Crippen molar-refractivity contribution in [3.8, 4) is 0 Å². The first-order valence-corrected chi connectivity index (χ1v) is 11.1. The van der Waals surface area contributed by atoms with Crippen molar-refractivity contribution >= 4 is 52.6 Å². The van der Waals surface area contributed by atoms with Gasteiger partial charge in [-0.2, -0.15) is 0 Å². The van der Waals surface area contributed by atoms with Crippen molar-refractivity contribution in [3.63, 3.8) is 0 Å². The number of fused-ring (bicyclic) bond motifs is 3. The molecule has 0 aliphatic rings. The van der Waals surface area contributed by atoms with E-state index in [1.165, 1.54) is 6.92 Å². The second-order valence-corrected chi connectivity index (χ2v) is 8.57. The highest BCUT2D eigenvalue weighted by atomic mass is 16.7. The van der Waals surface area contributed by atoms with Crippen LogP contribution in [-0.2, 0) is 16.2 Å². The highest BCUT2D eigenvalue weighted by Gasteiger charge is 2.18. The summed E-state index contributed by atoms with van der Waals surface area (Å²) < 4.78 is 2.24. The fourth-order valence-corrected chi connectivity index (χ4v) is 4.68. The smallest absolute Gasteiger partial charge is 0.331 e. The number of carbonyl (C=O) groups is 2. The van der Waals surface area contributed by atoms with Crippen molar-refractivity contribution in [2.24, 2.45) is 5.16 Å². The first-order chi connectivity index (χ1) is 15.7. The predicted octanol–water partition coefficient (Wildman–Crippen LogP) is 4.21. The van der Waals surface area contributed by atoms with Gasteiger partial charge in [0.1, 0.15) is 7.85 Å². The van der Waals surface area contributed by atoms with E-state index in [0.717, 1.165) is 56.1 Å². The van der Waals surface area contributed by atoms with Gasteiger partial charge in [0.15, 0.2) is 5.78 Å². The lowest BCUT2D eigenvalue weighted by molar-refractivity contribution is -0.140. The molecule has 0 bridgehead atoms. The van der Waals surface area contributed by atoms with E-state index in [-0.39, 0.29) is 5.78 Å². The van der Waals surface area contributed by atoms with Gasteiger partial charge >= 0.3 is 5.97 Å². The SMILES string of the molecule is Bc1cc(C)c(C(=O)c2ccc3c(c2)c2cc(/C(C)=N\OC(C)=O)ccc2n3CC)c(C)c1. The van der Waals surface area contributed by atoms with Crippen LogP contribution < -0.4 is 5.46 Å². The molecule has 0 fully saturated rings. The van der Waals surface area contributed by atoms with Gasteiger partial charge in [-0.1, -0.05) is 28.8 Å². The molecule has 4 rings (SSSR count). The second-order valence-electron chi connectivity index (χ2n) is 8.57. The van der Waals surface area contributed by atoms with Crippen LogP contribution in [-0.4, -0.2) is 29.9 Å². The van der Waals surface area contributed by atoms with Crippen molar-refractivity contribution in [2.75, 3.05) is 0 Å². The number of ketones is 1. The summed E-state index contributed by atoms with van der Waals surface area (Å²) in [6.07, 6.45) is 0. The molecule has 5 nitrogen and oxygen atoms in total.